The molecule has 2 aliphatic heterocycles. The Labute approximate surface area is 111 Å². The SMILES string of the molecule is Cc1ncc(S(=O)(=O)N2CCCC3CNCC32)s1. The van der Waals surface area contributed by atoms with Crippen molar-refractivity contribution in [1.29, 1.82) is 0 Å². The zero-order chi connectivity index (χ0) is 12.8. The van der Waals surface area contributed by atoms with Crippen LogP contribution >= 0.6 is 11.3 Å². The van der Waals surface area contributed by atoms with Gasteiger partial charge < -0.3 is 5.32 Å². The molecule has 1 N–H and O–H groups in total. The second-order valence-electron chi connectivity index (χ2n) is 4.94. The lowest BCUT2D eigenvalue weighted by Gasteiger charge is -2.35. The minimum Gasteiger partial charge on any atom is -0.315 e. The molecule has 2 fully saturated rings. The number of nitrogens with zero attached hydrogens (tertiary/aromatic N) is 2. The summed E-state index contributed by atoms with van der Waals surface area (Å²) in [6.45, 7) is 4.20. The van der Waals surface area contributed by atoms with Gasteiger partial charge >= 0.3 is 0 Å². The molecule has 2 atom stereocenters. The van der Waals surface area contributed by atoms with Crippen LogP contribution in [0.3, 0.4) is 0 Å². The zero-order valence-electron chi connectivity index (χ0n) is 10.3. The van der Waals surface area contributed by atoms with Gasteiger partial charge in [0.05, 0.1) is 11.2 Å². The number of aryl methyl sites for hydroxylation is 1. The monoisotopic (exact) mass is 287 g/mol. The number of hydrogen-bond donors (Lipinski definition) is 1. The van der Waals surface area contributed by atoms with E-state index in [0.29, 0.717) is 16.7 Å². The summed E-state index contributed by atoms with van der Waals surface area (Å²) in [6, 6.07) is 0.131. The van der Waals surface area contributed by atoms with Crippen molar-refractivity contribution in [2.75, 3.05) is 19.6 Å². The molecule has 1 aromatic heterocycles. The molecule has 2 saturated heterocycles. The van der Waals surface area contributed by atoms with Gasteiger partial charge in [0.2, 0.25) is 0 Å². The number of fused-ring (bicyclic) bond motifs is 1. The van der Waals surface area contributed by atoms with Crippen molar-refractivity contribution in [3.05, 3.63) is 11.2 Å². The smallest absolute Gasteiger partial charge is 0.254 e. The lowest BCUT2D eigenvalue weighted by molar-refractivity contribution is 0.218. The maximum Gasteiger partial charge on any atom is 0.254 e. The average Bonchev–Trinajstić information content (AvgIpc) is 2.96. The lowest BCUT2D eigenvalue weighted by Crippen LogP contribution is -2.47. The van der Waals surface area contributed by atoms with E-state index in [9.17, 15) is 8.42 Å². The molecule has 0 bridgehead atoms. The van der Waals surface area contributed by atoms with Crippen LogP contribution in [0.4, 0.5) is 0 Å². The molecule has 0 spiro atoms. The zero-order valence-corrected chi connectivity index (χ0v) is 11.9. The number of rotatable bonds is 2. The second-order valence-corrected chi connectivity index (χ2v) is 8.29. The Morgan fingerprint density at radius 1 is 1.50 bits per heavy atom. The van der Waals surface area contributed by atoms with Gasteiger partial charge in [-0.2, -0.15) is 4.31 Å². The maximum absolute atomic E-state index is 12.6. The molecule has 0 aliphatic carbocycles. The first kappa shape index (κ1) is 12.5. The molecular formula is C11H17N3O2S2. The fourth-order valence-electron chi connectivity index (χ4n) is 2.90. The van der Waals surface area contributed by atoms with Gasteiger partial charge in [-0.1, -0.05) is 0 Å². The Balaban J connectivity index is 1.93. The molecule has 2 aliphatic rings. The van der Waals surface area contributed by atoms with Gasteiger partial charge in [0.25, 0.3) is 10.0 Å². The third kappa shape index (κ3) is 1.99. The van der Waals surface area contributed by atoms with E-state index in [0.717, 1.165) is 30.9 Å². The highest BCUT2D eigenvalue weighted by Crippen LogP contribution is 2.32. The van der Waals surface area contributed by atoms with E-state index in [-0.39, 0.29) is 6.04 Å². The molecule has 3 heterocycles. The topological polar surface area (TPSA) is 62.3 Å². The first-order valence-corrected chi connectivity index (χ1v) is 8.49. The standard InChI is InChI=1S/C11H17N3O2S2/c1-8-13-7-11(17-8)18(15,16)14-4-2-3-9-5-12-6-10(9)14/h7,9-10,12H,2-6H2,1H3. The Hall–Kier alpha value is -0.500. The molecular weight excluding hydrogens is 270 g/mol. The van der Waals surface area contributed by atoms with E-state index < -0.39 is 10.0 Å². The van der Waals surface area contributed by atoms with Crippen LogP contribution in [0.15, 0.2) is 10.4 Å². The second kappa shape index (κ2) is 4.56. The van der Waals surface area contributed by atoms with Gasteiger partial charge in [-0.05, 0) is 32.2 Å². The van der Waals surface area contributed by atoms with Crippen LogP contribution in [0, 0.1) is 12.8 Å². The van der Waals surface area contributed by atoms with Crippen LogP contribution < -0.4 is 5.32 Å². The number of hydrogen-bond acceptors (Lipinski definition) is 5. The molecule has 2 unspecified atom stereocenters. The van der Waals surface area contributed by atoms with Crippen molar-refractivity contribution in [3.8, 4) is 0 Å². The predicted molar refractivity (Wildman–Crippen MR) is 70.1 cm³/mol. The van der Waals surface area contributed by atoms with Gasteiger partial charge in [0.1, 0.15) is 0 Å². The number of nitrogens with one attached hydrogen (secondary N) is 1. The maximum atomic E-state index is 12.6. The van der Waals surface area contributed by atoms with Crippen molar-refractivity contribution in [2.24, 2.45) is 5.92 Å². The number of aromatic nitrogens is 1. The number of piperidine rings is 1. The summed E-state index contributed by atoms with van der Waals surface area (Å²) in [6.07, 6.45) is 3.58. The highest BCUT2D eigenvalue weighted by Gasteiger charge is 2.41. The predicted octanol–water partition coefficient (Wildman–Crippen LogP) is 0.824. The van der Waals surface area contributed by atoms with E-state index in [2.05, 4.69) is 10.3 Å². The molecule has 0 saturated carbocycles. The van der Waals surface area contributed by atoms with E-state index in [1.165, 1.54) is 17.5 Å². The van der Waals surface area contributed by atoms with Gasteiger partial charge in [0.15, 0.2) is 4.21 Å². The first-order valence-electron chi connectivity index (χ1n) is 6.24. The molecule has 18 heavy (non-hydrogen) atoms. The largest absolute Gasteiger partial charge is 0.315 e. The molecule has 0 radical (unpaired) electrons. The molecule has 100 valence electrons. The third-order valence-corrected chi connectivity index (χ3v) is 7.06. The van der Waals surface area contributed by atoms with E-state index in [4.69, 9.17) is 0 Å². The highest BCUT2D eigenvalue weighted by molar-refractivity contribution is 7.91. The van der Waals surface area contributed by atoms with Crippen molar-refractivity contribution in [3.63, 3.8) is 0 Å². The Bertz CT molecular complexity index is 540. The van der Waals surface area contributed by atoms with E-state index in [1.54, 1.807) is 4.31 Å². The minimum absolute atomic E-state index is 0.131. The van der Waals surface area contributed by atoms with Crippen LogP contribution in [-0.2, 0) is 10.0 Å². The van der Waals surface area contributed by atoms with Crippen LogP contribution in [0.5, 0.6) is 0 Å². The average molecular weight is 287 g/mol. The van der Waals surface area contributed by atoms with E-state index >= 15 is 0 Å². The number of thiazole rings is 1. The Kier molecular flexibility index (Phi) is 3.17. The van der Waals surface area contributed by atoms with Crippen LogP contribution in [0.25, 0.3) is 0 Å². The lowest BCUT2D eigenvalue weighted by atomic mass is 9.94. The van der Waals surface area contributed by atoms with Gasteiger partial charge in [-0.25, -0.2) is 13.4 Å². The van der Waals surface area contributed by atoms with Crippen molar-refractivity contribution in [1.82, 2.24) is 14.6 Å². The molecule has 7 heteroatoms. The number of sulfonamides is 1. The van der Waals surface area contributed by atoms with Crippen LogP contribution in [0.2, 0.25) is 0 Å². The summed E-state index contributed by atoms with van der Waals surface area (Å²) < 4.78 is 27.3. The summed E-state index contributed by atoms with van der Waals surface area (Å²) in [5.74, 6) is 0.475. The van der Waals surface area contributed by atoms with Gasteiger partial charge in [-0.3, -0.25) is 0 Å². The summed E-state index contributed by atoms with van der Waals surface area (Å²) >= 11 is 1.26. The molecule has 0 amide bonds. The summed E-state index contributed by atoms with van der Waals surface area (Å²) in [5, 5.41) is 4.10. The van der Waals surface area contributed by atoms with Gasteiger partial charge in [-0.15, -0.1) is 11.3 Å². The summed E-state index contributed by atoms with van der Waals surface area (Å²) in [7, 11) is -3.35. The summed E-state index contributed by atoms with van der Waals surface area (Å²) in [5.41, 5.74) is 0. The molecule has 3 rings (SSSR count). The third-order valence-electron chi connectivity index (χ3n) is 3.79. The van der Waals surface area contributed by atoms with Crippen LogP contribution in [-0.4, -0.2) is 43.4 Å². The van der Waals surface area contributed by atoms with Gasteiger partial charge in [0, 0.05) is 19.1 Å². The molecule has 0 aromatic carbocycles. The van der Waals surface area contributed by atoms with Crippen molar-refractivity contribution >= 4 is 21.4 Å². The van der Waals surface area contributed by atoms with Crippen molar-refractivity contribution in [2.45, 2.75) is 30.0 Å². The first-order chi connectivity index (χ1) is 8.59. The Morgan fingerprint density at radius 3 is 3.06 bits per heavy atom. The van der Waals surface area contributed by atoms with Crippen LogP contribution in [0.1, 0.15) is 17.8 Å². The fraction of sp³-hybridized carbons (Fsp3) is 0.727. The van der Waals surface area contributed by atoms with E-state index in [1.807, 2.05) is 6.92 Å². The quantitative estimate of drug-likeness (QED) is 0.875. The highest BCUT2D eigenvalue weighted by atomic mass is 32.2. The Morgan fingerprint density at radius 2 is 2.33 bits per heavy atom. The fourth-order valence-corrected chi connectivity index (χ4v) is 5.86. The summed E-state index contributed by atoms with van der Waals surface area (Å²) in [4.78, 5) is 4.06. The molecule has 1 aromatic rings. The van der Waals surface area contributed by atoms with Crippen molar-refractivity contribution < 1.29 is 8.42 Å². The normalized spacial score (nSPS) is 29.4. The minimum atomic E-state index is -3.35. The molecule has 5 nitrogen and oxygen atoms in total.